The van der Waals surface area contributed by atoms with Crippen LogP contribution in [0.1, 0.15) is 29.8 Å². The van der Waals surface area contributed by atoms with Crippen molar-refractivity contribution in [3.05, 3.63) is 71.4 Å². The van der Waals surface area contributed by atoms with E-state index >= 15 is 0 Å². The number of likely N-dealkylation sites (N-methyl/N-ethyl adjacent to an activating group) is 1. The Morgan fingerprint density at radius 2 is 1.86 bits per heavy atom. The van der Waals surface area contributed by atoms with Crippen molar-refractivity contribution in [1.29, 1.82) is 0 Å². The minimum absolute atomic E-state index is 0.0225. The third kappa shape index (κ3) is 4.29. The van der Waals surface area contributed by atoms with Crippen molar-refractivity contribution in [3.63, 3.8) is 0 Å². The standard InChI is InChI=1S/C22H21F2NO4/c1-22(2)17-9-4-5-10-18(17)25(3)19(22)12-15(26)13-28-20(27)14-7-6-8-16(11-14)29-21(23)24/h4-12,21H,13H2,1-3H3/b19-12+. The molecule has 0 unspecified atom stereocenters. The Morgan fingerprint density at radius 3 is 2.55 bits per heavy atom. The minimum atomic E-state index is -3.00. The van der Waals surface area contributed by atoms with Crippen molar-refractivity contribution in [2.24, 2.45) is 0 Å². The molecule has 1 aliphatic heterocycles. The Hall–Kier alpha value is -3.22. The normalized spacial score (nSPS) is 16.1. The molecule has 2 aromatic carbocycles. The van der Waals surface area contributed by atoms with Crippen LogP contribution in [-0.4, -0.2) is 32.0 Å². The molecule has 0 fully saturated rings. The van der Waals surface area contributed by atoms with Gasteiger partial charge in [0.2, 0.25) is 0 Å². The number of para-hydroxylation sites is 1. The molecule has 152 valence electrons. The molecule has 5 nitrogen and oxygen atoms in total. The molecular weight excluding hydrogens is 380 g/mol. The Morgan fingerprint density at radius 1 is 1.14 bits per heavy atom. The van der Waals surface area contributed by atoms with Crippen molar-refractivity contribution in [2.75, 3.05) is 18.6 Å². The number of esters is 1. The van der Waals surface area contributed by atoms with E-state index in [-0.39, 0.29) is 22.5 Å². The molecule has 3 rings (SSSR count). The summed E-state index contributed by atoms with van der Waals surface area (Å²) in [6, 6.07) is 13.1. The number of hydrogen-bond acceptors (Lipinski definition) is 5. The molecule has 0 N–H and O–H groups in total. The van der Waals surface area contributed by atoms with E-state index in [1.165, 1.54) is 24.3 Å². The summed E-state index contributed by atoms with van der Waals surface area (Å²) in [5.74, 6) is -1.32. The number of halogens is 2. The molecule has 0 saturated carbocycles. The molecule has 0 saturated heterocycles. The molecular formula is C22H21F2NO4. The van der Waals surface area contributed by atoms with Crippen LogP contribution >= 0.6 is 0 Å². The average Bonchev–Trinajstić information content (AvgIpc) is 2.87. The van der Waals surface area contributed by atoms with E-state index in [2.05, 4.69) is 4.74 Å². The predicted octanol–water partition coefficient (Wildman–Crippen LogP) is 4.33. The summed E-state index contributed by atoms with van der Waals surface area (Å²) in [5, 5.41) is 0. The maximum atomic E-state index is 12.4. The van der Waals surface area contributed by atoms with Gasteiger partial charge < -0.3 is 14.4 Å². The highest BCUT2D eigenvalue weighted by Gasteiger charge is 2.38. The lowest BCUT2D eigenvalue weighted by Crippen LogP contribution is -2.25. The number of ketones is 1. The summed E-state index contributed by atoms with van der Waals surface area (Å²) < 4.78 is 33.9. The molecule has 2 aromatic rings. The maximum absolute atomic E-state index is 12.4. The fourth-order valence-corrected chi connectivity index (χ4v) is 3.47. The second kappa shape index (κ2) is 8.03. The smallest absolute Gasteiger partial charge is 0.387 e. The summed E-state index contributed by atoms with van der Waals surface area (Å²) in [6.45, 7) is 0.595. The molecule has 1 heterocycles. The first-order chi connectivity index (χ1) is 13.7. The highest BCUT2D eigenvalue weighted by atomic mass is 19.3. The van der Waals surface area contributed by atoms with Gasteiger partial charge in [-0.1, -0.05) is 38.1 Å². The highest BCUT2D eigenvalue weighted by Crippen LogP contribution is 2.46. The number of carbonyl (C=O) groups excluding carboxylic acids is 2. The first-order valence-electron chi connectivity index (χ1n) is 9.00. The topological polar surface area (TPSA) is 55.8 Å². The fraction of sp³-hybridized carbons (Fsp3) is 0.273. The Bertz CT molecular complexity index is 969. The average molecular weight is 401 g/mol. The lowest BCUT2D eigenvalue weighted by molar-refractivity contribution is -0.117. The molecule has 0 aliphatic carbocycles. The number of carbonyl (C=O) groups is 2. The van der Waals surface area contributed by atoms with Gasteiger partial charge in [-0.05, 0) is 29.8 Å². The van der Waals surface area contributed by atoms with Crippen molar-refractivity contribution in [2.45, 2.75) is 25.9 Å². The number of fused-ring (bicyclic) bond motifs is 1. The van der Waals surface area contributed by atoms with Crippen LogP contribution in [0.3, 0.4) is 0 Å². The Kier molecular flexibility index (Phi) is 5.68. The van der Waals surface area contributed by atoms with Crippen molar-refractivity contribution in [3.8, 4) is 5.75 Å². The largest absolute Gasteiger partial charge is 0.454 e. The summed E-state index contributed by atoms with van der Waals surface area (Å²) in [5.41, 5.74) is 2.58. The van der Waals surface area contributed by atoms with E-state index in [4.69, 9.17) is 4.74 Å². The zero-order valence-electron chi connectivity index (χ0n) is 16.3. The molecule has 0 amide bonds. The van der Waals surface area contributed by atoms with Crippen molar-refractivity contribution >= 4 is 17.4 Å². The van der Waals surface area contributed by atoms with E-state index in [1.807, 2.05) is 50.1 Å². The number of anilines is 1. The quantitative estimate of drug-likeness (QED) is 0.533. The lowest BCUT2D eigenvalue weighted by Gasteiger charge is -2.23. The predicted molar refractivity (Wildman–Crippen MR) is 104 cm³/mol. The van der Waals surface area contributed by atoms with Crippen molar-refractivity contribution < 1.29 is 27.8 Å². The van der Waals surface area contributed by atoms with Gasteiger partial charge in [-0.2, -0.15) is 8.78 Å². The molecule has 0 aromatic heterocycles. The second-order valence-corrected chi connectivity index (χ2v) is 7.18. The number of hydrogen-bond donors (Lipinski definition) is 0. The molecule has 0 bridgehead atoms. The van der Waals surface area contributed by atoms with Crippen LogP contribution < -0.4 is 9.64 Å². The molecule has 0 radical (unpaired) electrons. The Balaban J connectivity index is 1.68. The summed E-state index contributed by atoms with van der Waals surface area (Å²) >= 11 is 0. The summed E-state index contributed by atoms with van der Waals surface area (Å²) in [7, 11) is 1.88. The number of allylic oxidation sites excluding steroid dienone is 1. The first kappa shape index (κ1) is 20.5. The SMILES string of the molecule is CN1/C(=C/C(=O)COC(=O)c2cccc(OC(F)F)c2)C(C)(C)c2ccccc21. The first-order valence-corrected chi connectivity index (χ1v) is 9.00. The fourth-order valence-electron chi connectivity index (χ4n) is 3.47. The van der Waals surface area contributed by atoms with Gasteiger partial charge in [0.05, 0.1) is 5.56 Å². The van der Waals surface area contributed by atoms with Crippen LogP contribution in [0.4, 0.5) is 14.5 Å². The summed E-state index contributed by atoms with van der Waals surface area (Å²) in [4.78, 5) is 26.5. The van der Waals surface area contributed by atoms with Gasteiger partial charge in [-0.3, -0.25) is 4.79 Å². The van der Waals surface area contributed by atoms with Crippen LogP contribution in [0.25, 0.3) is 0 Å². The van der Waals surface area contributed by atoms with E-state index in [0.29, 0.717) is 0 Å². The van der Waals surface area contributed by atoms with Crippen LogP contribution in [0.15, 0.2) is 60.3 Å². The number of rotatable bonds is 6. The zero-order valence-corrected chi connectivity index (χ0v) is 16.3. The third-order valence-corrected chi connectivity index (χ3v) is 4.88. The zero-order chi connectivity index (χ0) is 21.2. The minimum Gasteiger partial charge on any atom is -0.454 e. The van der Waals surface area contributed by atoms with Gasteiger partial charge in [0.15, 0.2) is 12.4 Å². The van der Waals surface area contributed by atoms with E-state index in [0.717, 1.165) is 23.0 Å². The van der Waals surface area contributed by atoms with E-state index in [1.54, 1.807) is 0 Å². The van der Waals surface area contributed by atoms with Gasteiger partial charge in [0.25, 0.3) is 0 Å². The highest BCUT2D eigenvalue weighted by molar-refractivity contribution is 5.96. The van der Waals surface area contributed by atoms with Gasteiger partial charge in [-0.15, -0.1) is 0 Å². The lowest BCUT2D eigenvalue weighted by atomic mass is 9.83. The monoisotopic (exact) mass is 401 g/mol. The molecule has 0 atom stereocenters. The van der Waals surface area contributed by atoms with E-state index in [9.17, 15) is 18.4 Å². The van der Waals surface area contributed by atoms with Gasteiger partial charge in [0, 0.05) is 29.9 Å². The van der Waals surface area contributed by atoms with Crippen LogP contribution in [0, 0.1) is 0 Å². The number of alkyl halides is 2. The van der Waals surface area contributed by atoms with E-state index < -0.39 is 19.2 Å². The number of nitrogens with zero attached hydrogens (tertiary/aromatic N) is 1. The van der Waals surface area contributed by atoms with Crippen LogP contribution in [0.2, 0.25) is 0 Å². The molecule has 0 spiro atoms. The van der Waals surface area contributed by atoms with Crippen molar-refractivity contribution in [1.82, 2.24) is 0 Å². The molecule has 7 heteroatoms. The van der Waals surface area contributed by atoms with Gasteiger partial charge in [0.1, 0.15) is 5.75 Å². The summed E-state index contributed by atoms with van der Waals surface area (Å²) in [6.07, 6.45) is 1.48. The third-order valence-electron chi connectivity index (χ3n) is 4.88. The van der Waals surface area contributed by atoms with Gasteiger partial charge >= 0.3 is 12.6 Å². The maximum Gasteiger partial charge on any atom is 0.387 e. The van der Waals surface area contributed by atoms with Gasteiger partial charge in [-0.25, -0.2) is 4.79 Å². The molecule has 29 heavy (non-hydrogen) atoms. The molecule has 1 aliphatic rings. The van der Waals surface area contributed by atoms with Crippen LogP contribution in [0.5, 0.6) is 5.75 Å². The number of benzene rings is 2. The second-order valence-electron chi connectivity index (χ2n) is 7.18. The number of ether oxygens (including phenoxy) is 2. The Labute approximate surface area is 167 Å². The van der Waals surface area contributed by atoms with Crippen LogP contribution in [-0.2, 0) is 14.9 Å².